The zero-order valence-corrected chi connectivity index (χ0v) is 21.6. The predicted molar refractivity (Wildman–Crippen MR) is 142 cm³/mol. The van der Waals surface area contributed by atoms with Gasteiger partial charge in [0.1, 0.15) is 10.6 Å². The average molecular weight is 529 g/mol. The number of halogens is 2. The van der Waals surface area contributed by atoms with Crippen LogP contribution in [0.5, 0.6) is 0 Å². The van der Waals surface area contributed by atoms with Crippen LogP contribution in [0.3, 0.4) is 0 Å². The Morgan fingerprint density at radius 1 is 0.943 bits per heavy atom. The fraction of sp³-hybridized carbons (Fsp3) is 0.200. The summed E-state index contributed by atoms with van der Waals surface area (Å²) in [4.78, 5) is 44.6. The molecule has 0 radical (unpaired) electrons. The Balaban J connectivity index is 1.81. The number of hydrogen-bond acceptors (Lipinski definition) is 5. The average Bonchev–Trinajstić information content (AvgIpc) is 3.16. The van der Waals surface area contributed by atoms with Crippen molar-refractivity contribution in [1.82, 2.24) is 9.38 Å². The maximum absolute atomic E-state index is 13.4. The molecule has 35 heavy (non-hydrogen) atoms. The van der Waals surface area contributed by atoms with Crippen LogP contribution in [0.4, 0.5) is 11.4 Å². The van der Waals surface area contributed by atoms with Crippen molar-refractivity contribution < 1.29 is 9.59 Å². The molecule has 4 aromatic rings. The summed E-state index contributed by atoms with van der Waals surface area (Å²) in [5, 5.41) is 6.21. The Bertz CT molecular complexity index is 1510. The third kappa shape index (κ3) is 5.40. The molecule has 0 aliphatic heterocycles. The van der Waals surface area contributed by atoms with Gasteiger partial charge >= 0.3 is 0 Å². The molecular weight excluding hydrogens is 507 g/mol. The van der Waals surface area contributed by atoms with Gasteiger partial charge in [-0.3, -0.25) is 14.4 Å². The third-order valence-electron chi connectivity index (χ3n) is 5.39. The van der Waals surface area contributed by atoms with Gasteiger partial charge in [-0.25, -0.2) is 9.38 Å². The largest absolute Gasteiger partial charge is 0.321 e. The van der Waals surface area contributed by atoms with Gasteiger partial charge in [0.25, 0.3) is 17.4 Å². The van der Waals surface area contributed by atoms with Crippen LogP contribution < -0.4 is 16.2 Å². The fourth-order valence-electron chi connectivity index (χ4n) is 3.59. The number of nitrogens with zero attached hydrogens (tertiary/aromatic N) is 2. The summed E-state index contributed by atoms with van der Waals surface area (Å²) in [6, 6.07) is 11.5. The van der Waals surface area contributed by atoms with E-state index < -0.39 is 17.4 Å². The van der Waals surface area contributed by atoms with E-state index in [9.17, 15) is 14.4 Å². The van der Waals surface area contributed by atoms with Crippen molar-refractivity contribution in [2.45, 2.75) is 33.6 Å². The van der Waals surface area contributed by atoms with Gasteiger partial charge in [0, 0.05) is 33.2 Å². The van der Waals surface area contributed by atoms with Gasteiger partial charge in [0.2, 0.25) is 0 Å². The number of aromatic nitrogens is 2. The molecular formula is C25H22Cl2N4O3S. The topological polar surface area (TPSA) is 92.6 Å². The first-order valence-corrected chi connectivity index (χ1v) is 12.4. The molecule has 7 nitrogen and oxygen atoms in total. The minimum Gasteiger partial charge on any atom is -0.321 e. The number of thiazole rings is 1. The molecule has 4 rings (SSSR count). The molecule has 0 saturated heterocycles. The number of hydrogen-bond donors (Lipinski definition) is 2. The molecule has 0 aliphatic carbocycles. The van der Waals surface area contributed by atoms with E-state index in [4.69, 9.17) is 23.2 Å². The molecule has 2 amide bonds. The molecule has 2 N–H and O–H groups in total. The summed E-state index contributed by atoms with van der Waals surface area (Å²) in [6.45, 7) is 5.88. The van der Waals surface area contributed by atoms with E-state index in [1.54, 1.807) is 12.1 Å². The van der Waals surface area contributed by atoms with Crippen LogP contribution >= 0.6 is 34.5 Å². The lowest BCUT2D eigenvalue weighted by molar-refractivity contribution is 0.0989. The second kappa shape index (κ2) is 10.2. The molecule has 2 aromatic carbocycles. The maximum atomic E-state index is 13.4. The molecule has 2 heterocycles. The summed E-state index contributed by atoms with van der Waals surface area (Å²) in [5.41, 5.74) is 3.07. The highest BCUT2D eigenvalue weighted by atomic mass is 35.5. The van der Waals surface area contributed by atoms with E-state index in [2.05, 4.69) is 15.6 Å². The lowest BCUT2D eigenvalue weighted by Crippen LogP contribution is -2.25. The molecule has 0 bridgehead atoms. The van der Waals surface area contributed by atoms with Crippen LogP contribution in [-0.2, 0) is 6.42 Å². The van der Waals surface area contributed by atoms with Gasteiger partial charge in [-0.1, -0.05) is 53.9 Å². The minimum absolute atomic E-state index is 0.0423. The van der Waals surface area contributed by atoms with E-state index in [0.717, 1.165) is 28.9 Å². The first kappa shape index (κ1) is 24.9. The molecule has 180 valence electrons. The summed E-state index contributed by atoms with van der Waals surface area (Å²) < 4.78 is 1.18. The van der Waals surface area contributed by atoms with Gasteiger partial charge in [0.15, 0.2) is 4.96 Å². The van der Waals surface area contributed by atoms with Crippen LogP contribution in [0.1, 0.15) is 50.3 Å². The molecule has 10 heteroatoms. The second-order valence-corrected chi connectivity index (χ2v) is 9.95. The Kier molecular flexibility index (Phi) is 7.25. The molecule has 0 unspecified atom stereocenters. The number of aryl methyl sites for hydroxylation is 3. The van der Waals surface area contributed by atoms with Crippen LogP contribution in [0.2, 0.25) is 10.0 Å². The molecule has 2 aromatic heterocycles. The zero-order chi connectivity index (χ0) is 25.3. The lowest BCUT2D eigenvalue weighted by Gasteiger charge is -2.10. The van der Waals surface area contributed by atoms with E-state index in [1.165, 1.54) is 22.6 Å². The number of carbonyl (C=O) groups excluding carboxylic acids is 2. The van der Waals surface area contributed by atoms with Gasteiger partial charge in [-0.05, 0) is 61.7 Å². The molecule has 0 atom stereocenters. The monoisotopic (exact) mass is 528 g/mol. The number of benzene rings is 2. The van der Waals surface area contributed by atoms with Crippen molar-refractivity contribution in [3.05, 3.63) is 90.3 Å². The standard InChI is InChI=1S/C25H22Cl2N4O3S/c1-4-5-17-12-20(32)31-21(23(33)28-18-7-6-13(2)14(3)8-18)22(35-25(31)30-17)24(34)29-19-10-15(26)9-16(27)11-19/h6-12H,4-5H2,1-3H3,(H,28,33)(H,29,34). The fourth-order valence-corrected chi connectivity index (χ4v) is 5.16. The smallest absolute Gasteiger partial charge is 0.274 e. The molecule has 0 saturated carbocycles. The van der Waals surface area contributed by atoms with Crippen LogP contribution in [0, 0.1) is 13.8 Å². The van der Waals surface area contributed by atoms with Crippen molar-refractivity contribution >= 4 is 62.7 Å². The summed E-state index contributed by atoms with van der Waals surface area (Å²) in [6.07, 6.45) is 1.41. The summed E-state index contributed by atoms with van der Waals surface area (Å²) in [7, 11) is 0. The number of amides is 2. The first-order chi connectivity index (χ1) is 16.7. The Morgan fingerprint density at radius 3 is 2.29 bits per heavy atom. The van der Waals surface area contributed by atoms with Crippen LogP contribution in [-0.4, -0.2) is 21.2 Å². The Labute approximate surface area is 215 Å². The zero-order valence-electron chi connectivity index (χ0n) is 19.2. The number of anilines is 2. The van der Waals surface area contributed by atoms with Crippen LogP contribution in [0.15, 0.2) is 47.3 Å². The van der Waals surface area contributed by atoms with E-state index in [0.29, 0.717) is 33.5 Å². The SMILES string of the molecule is CCCc1cc(=O)n2c(C(=O)Nc3ccc(C)c(C)c3)c(C(=O)Nc3cc(Cl)cc(Cl)c3)sc2n1. The lowest BCUT2D eigenvalue weighted by atomic mass is 10.1. The first-order valence-electron chi connectivity index (χ1n) is 10.9. The molecule has 0 aliphatic rings. The van der Waals surface area contributed by atoms with E-state index in [-0.39, 0.29) is 15.5 Å². The van der Waals surface area contributed by atoms with Gasteiger partial charge in [-0.2, -0.15) is 0 Å². The summed E-state index contributed by atoms with van der Waals surface area (Å²) in [5.74, 6) is -1.18. The van der Waals surface area contributed by atoms with Crippen molar-refractivity contribution in [2.24, 2.45) is 0 Å². The van der Waals surface area contributed by atoms with Gasteiger partial charge < -0.3 is 10.6 Å². The highest BCUT2D eigenvalue weighted by Gasteiger charge is 2.26. The van der Waals surface area contributed by atoms with Crippen molar-refractivity contribution in [3.8, 4) is 0 Å². The molecule has 0 fully saturated rings. The van der Waals surface area contributed by atoms with E-state index in [1.807, 2.05) is 32.9 Å². The Hall–Kier alpha value is -3.20. The highest BCUT2D eigenvalue weighted by molar-refractivity contribution is 7.19. The van der Waals surface area contributed by atoms with Crippen molar-refractivity contribution in [2.75, 3.05) is 10.6 Å². The normalized spacial score (nSPS) is 11.0. The maximum Gasteiger partial charge on any atom is 0.274 e. The number of fused-ring (bicyclic) bond motifs is 1. The van der Waals surface area contributed by atoms with Crippen LogP contribution in [0.25, 0.3) is 4.96 Å². The minimum atomic E-state index is -0.596. The number of nitrogens with one attached hydrogen (secondary N) is 2. The Morgan fingerprint density at radius 2 is 1.63 bits per heavy atom. The third-order valence-corrected chi connectivity index (χ3v) is 6.86. The summed E-state index contributed by atoms with van der Waals surface area (Å²) >= 11 is 13.1. The highest BCUT2D eigenvalue weighted by Crippen LogP contribution is 2.27. The van der Waals surface area contributed by atoms with E-state index >= 15 is 0 Å². The predicted octanol–water partition coefficient (Wildman–Crippen LogP) is 6.14. The quantitative estimate of drug-likeness (QED) is 0.314. The van der Waals surface area contributed by atoms with Crippen molar-refractivity contribution in [3.63, 3.8) is 0 Å². The second-order valence-electron chi connectivity index (χ2n) is 8.10. The number of carbonyl (C=O) groups is 2. The van der Waals surface area contributed by atoms with Crippen molar-refractivity contribution in [1.29, 1.82) is 0 Å². The number of rotatable bonds is 6. The van der Waals surface area contributed by atoms with Gasteiger partial charge in [0.05, 0.1) is 0 Å². The van der Waals surface area contributed by atoms with Gasteiger partial charge in [-0.15, -0.1) is 0 Å². The molecule has 0 spiro atoms.